The molecule has 0 heterocycles. The van der Waals surface area contributed by atoms with Crippen molar-refractivity contribution in [2.45, 2.75) is 32.2 Å². The number of hydrogen-bond donors (Lipinski definition) is 2. The van der Waals surface area contributed by atoms with Crippen molar-refractivity contribution < 1.29 is 29.4 Å². The molecule has 2 N–H and O–H groups in total. The van der Waals surface area contributed by atoms with E-state index < -0.39 is 23.8 Å². The third-order valence-electron chi connectivity index (χ3n) is 2.18. The standard InChI is InChI=1S/C10H18N2O7/c1-8(14)9(7-13)11-10(15)18-5-3-2-4-6-19-12(16)17/h9,13H,2-7H2,1H3,(H,11,15). The fourth-order valence-electron chi connectivity index (χ4n) is 1.14. The first-order chi connectivity index (χ1) is 8.97. The van der Waals surface area contributed by atoms with Gasteiger partial charge in [-0.1, -0.05) is 0 Å². The van der Waals surface area contributed by atoms with Crippen LogP contribution in [0.1, 0.15) is 26.2 Å². The lowest BCUT2D eigenvalue weighted by atomic mass is 10.2. The first-order valence-electron chi connectivity index (χ1n) is 5.79. The number of rotatable bonds is 10. The zero-order chi connectivity index (χ0) is 14.7. The van der Waals surface area contributed by atoms with E-state index in [1.165, 1.54) is 6.92 Å². The van der Waals surface area contributed by atoms with Crippen LogP contribution in [0.15, 0.2) is 0 Å². The molecule has 0 fully saturated rings. The number of carbonyl (C=O) groups excluding carboxylic acids is 2. The Morgan fingerprint density at radius 1 is 1.32 bits per heavy atom. The molecule has 1 amide bonds. The molecule has 0 aliphatic carbocycles. The largest absolute Gasteiger partial charge is 0.450 e. The lowest BCUT2D eigenvalue weighted by molar-refractivity contribution is -0.757. The van der Waals surface area contributed by atoms with Gasteiger partial charge in [-0.15, -0.1) is 10.1 Å². The predicted molar refractivity (Wildman–Crippen MR) is 62.8 cm³/mol. The first-order valence-corrected chi connectivity index (χ1v) is 5.79. The molecule has 9 nitrogen and oxygen atoms in total. The lowest BCUT2D eigenvalue weighted by Gasteiger charge is -2.12. The summed E-state index contributed by atoms with van der Waals surface area (Å²) in [6.45, 7) is 0.898. The van der Waals surface area contributed by atoms with Crippen molar-refractivity contribution in [3.8, 4) is 0 Å². The first kappa shape index (κ1) is 17.1. The highest BCUT2D eigenvalue weighted by Crippen LogP contribution is 1.97. The highest BCUT2D eigenvalue weighted by molar-refractivity contribution is 5.85. The van der Waals surface area contributed by atoms with Crippen LogP contribution in [0, 0.1) is 10.1 Å². The zero-order valence-corrected chi connectivity index (χ0v) is 10.7. The summed E-state index contributed by atoms with van der Waals surface area (Å²) in [6.07, 6.45) is 0.838. The van der Waals surface area contributed by atoms with Crippen LogP contribution in [-0.2, 0) is 14.4 Å². The van der Waals surface area contributed by atoms with Crippen LogP contribution in [-0.4, -0.2) is 47.9 Å². The molecule has 0 saturated heterocycles. The summed E-state index contributed by atoms with van der Waals surface area (Å²) >= 11 is 0. The average molecular weight is 278 g/mol. The molecule has 1 atom stereocenters. The molecule has 0 aromatic heterocycles. The number of aliphatic hydroxyl groups excluding tert-OH is 1. The number of alkyl carbamates (subject to hydrolysis) is 1. The molecule has 9 heteroatoms. The van der Waals surface area contributed by atoms with Gasteiger partial charge in [-0.25, -0.2) is 4.79 Å². The van der Waals surface area contributed by atoms with Crippen molar-refractivity contribution in [2.75, 3.05) is 19.8 Å². The lowest BCUT2D eigenvalue weighted by Crippen LogP contribution is -2.42. The Kier molecular flexibility index (Phi) is 9.06. The number of nitrogens with zero attached hydrogens (tertiary/aromatic N) is 1. The van der Waals surface area contributed by atoms with Crippen molar-refractivity contribution in [1.82, 2.24) is 5.32 Å². The molecule has 19 heavy (non-hydrogen) atoms. The monoisotopic (exact) mass is 278 g/mol. The maximum atomic E-state index is 11.2. The van der Waals surface area contributed by atoms with Crippen LogP contribution in [0.5, 0.6) is 0 Å². The molecule has 0 rings (SSSR count). The second-order valence-corrected chi connectivity index (χ2v) is 3.74. The van der Waals surface area contributed by atoms with Crippen molar-refractivity contribution in [1.29, 1.82) is 0 Å². The molecule has 0 bridgehead atoms. The van der Waals surface area contributed by atoms with Gasteiger partial charge >= 0.3 is 6.09 Å². The van der Waals surface area contributed by atoms with E-state index in [1.54, 1.807) is 0 Å². The topological polar surface area (TPSA) is 128 Å². The van der Waals surface area contributed by atoms with E-state index in [4.69, 9.17) is 9.84 Å². The normalized spacial score (nSPS) is 11.5. The van der Waals surface area contributed by atoms with Crippen molar-refractivity contribution in [3.63, 3.8) is 0 Å². The summed E-state index contributed by atoms with van der Waals surface area (Å²) in [4.78, 5) is 36.0. The number of nitrogens with one attached hydrogen (secondary N) is 1. The van der Waals surface area contributed by atoms with Crippen LogP contribution >= 0.6 is 0 Å². The van der Waals surface area contributed by atoms with Gasteiger partial charge in [0.1, 0.15) is 6.04 Å². The highest BCUT2D eigenvalue weighted by atomic mass is 16.9. The van der Waals surface area contributed by atoms with E-state index >= 15 is 0 Å². The quantitative estimate of drug-likeness (QED) is 0.328. The molecule has 110 valence electrons. The van der Waals surface area contributed by atoms with Crippen molar-refractivity contribution in [2.24, 2.45) is 0 Å². The van der Waals surface area contributed by atoms with E-state index in [0.29, 0.717) is 19.3 Å². The maximum absolute atomic E-state index is 11.2. The number of unbranched alkanes of at least 4 members (excludes halogenated alkanes) is 2. The summed E-state index contributed by atoms with van der Waals surface area (Å²) in [5.41, 5.74) is 0. The van der Waals surface area contributed by atoms with Crippen LogP contribution in [0.3, 0.4) is 0 Å². The van der Waals surface area contributed by atoms with Gasteiger partial charge in [0, 0.05) is 0 Å². The Morgan fingerprint density at radius 3 is 2.47 bits per heavy atom. The molecule has 0 radical (unpaired) electrons. The molecular weight excluding hydrogens is 260 g/mol. The third kappa shape index (κ3) is 9.77. The van der Waals surface area contributed by atoms with Gasteiger partial charge in [0.15, 0.2) is 5.78 Å². The Bertz CT molecular complexity index is 308. The molecule has 0 saturated carbocycles. The summed E-state index contributed by atoms with van der Waals surface area (Å²) < 4.78 is 4.76. The minimum atomic E-state index is -0.957. The molecule has 0 aromatic rings. The van der Waals surface area contributed by atoms with E-state index in [2.05, 4.69) is 10.2 Å². The molecule has 1 unspecified atom stereocenters. The number of amides is 1. The number of hydrogen-bond acceptors (Lipinski definition) is 7. The smallest absolute Gasteiger partial charge is 0.407 e. The molecule has 0 aliphatic rings. The minimum Gasteiger partial charge on any atom is -0.450 e. The number of carbonyl (C=O) groups is 2. The molecule has 0 aliphatic heterocycles. The highest BCUT2D eigenvalue weighted by Gasteiger charge is 2.16. The van der Waals surface area contributed by atoms with Crippen LogP contribution in [0.25, 0.3) is 0 Å². The van der Waals surface area contributed by atoms with Gasteiger partial charge in [-0.3, -0.25) is 4.79 Å². The van der Waals surface area contributed by atoms with Gasteiger partial charge < -0.3 is 20.0 Å². The second-order valence-electron chi connectivity index (χ2n) is 3.74. The van der Waals surface area contributed by atoms with E-state index in [0.717, 1.165) is 0 Å². The second kappa shape index (κ2) is 10.1. The van der Waals surface area contributed by atoms with Crippen molar-refractivity contribution >= 4 is 11.9 Å². The van der Waals surface area contributed by atoms with Crippen molar-refractivity contribution in [3.05, 3.63) is 10.1 Å². The molecule has 0 spiro atoms. The zero-order valence-electron chi connectivity index (χ0n) is 10.7. The van der Waals surface area contributed by atoms with E-state index in [-0.39, 0.29) is 19.0 Å². The Morgan fingerprint density at radius 2 is 1.95 bits per heavy atom. The van der Waals surface area contributed by atoms with Gasteiger partial charge in [0.2, 0.25) is 0 Å². The van der Waals surface area contributed by atoms with Gasteiger partial charge in [0.05, 0.1) is 19.8 Å². The van der Waals surface area contributed by atoms with Crippen LogP contribution < -0.4 is 5.32 Å². The maximum Gasteiger partial charge on any atom is 0.407 e. The van der Waals surface area contributed by atoms with Gasteiger partial charge in [0.25, 0.3) is 5.09 Å². The van der Waals surface area contributed by atoms with Gasteiger partial charge in [-0.2, -0.15) is 0 Å². The summed E-state index contributed by atoms with van der Waals surface area (Å²) in [7, 11) is 0. The average Bonchev–Trinajstić information content (AvgIpc) is 2.34. The molecular formula is C10H18N2O7. The fourth-order valence-corrected chi connectivity index (χ4v) is 1.14. The van der Waals surface area contributed by atoms with Crippen LogP contribution in [0.4, 0.5) is 4.79 Å². The number of ether oxygens (including phenoxy) is 1. The SMILES string of the molecule is CC(=O)C(CO)NC(=O)OCCCCCO[N+](=O)[O-]. The number of aliphatic hydroxyl groups is 1. The minimum absolute atomic E-state index is 0.0100. The van der Waals surface area contributed by atoms with E-state index in [9.17, 15) is 19.7 Å². The predicted octanol–water partition coefficient (Wildman–Crippen LogP) is 0.0411. The molecule has 0 aromatic carbocycles. The van der Waals surface area contributed by atoms with E-state index in [1.807, 2.05) is 0 Å². The summed E-state index contributed by atoms with van der Waals surface area (Å²) in [6, 6.07) is -0.957. The summed E-state index contributed by atoms with van der Waals surface area (Å²) in [5.74, 6) is -0.364. The Balaban J connectivity index is 3.53. The summed E-state index contributed by atoms with van der Waals surface area (Å²) in [5, 5.41) is 20.0. The van der Waals surface area contributed by atoms with Crippen LogP contribution in [0.2, 0.25) is 0 Å². The fraction of sp³-hybridized carbons (Fsp3) is 0.800. The Labute approximate surface area is 110 Å². The third-order valence-corrected chi connectivity index (χ3v) is 2.18. The van der Waals surface area contributed by atoms with Gasteiger partial charge in [-0.05, 0) is 26.2 Å². The number of Topliss-reactive ketones (excluding diaryl/α,β-unsaturated/α-hetero) is 1. The number of ketones is 1. The Hall–Kier alpha value is -1.90.